The van der Waals surface area contributed by atoms with Crippen LogP contribution in [0, 0.1) is 5.41 Å². The number of aliphatic imine (C=N–C) groups is 1. The average molecular weight is 783 g/mol. The molecular weight excluding hydrogens is 729 g/mol. The third kappa shape index (κ3) is 10.1. The number of hydrogen-bond acceptors (Lipinski definition) is 4. The Hall–Kier alpha value is -7.04. The molecule has 3 aromatic rings. The van der Waals surface area contributed by atoms with E-state index in [-0.39, 0.29) is 0 Å². The summed E-state index contributed by atoms with van der Waals surface area (Å²) in [6.07, 6.45) is 41.0. The van der Waals surface area contributed by atoms with Gasteiger partial charge in [-0.15, -0.1) is 0 Å². The maximum atomic E-state index is 8.56. The largest absolute Gasteiger partial charge is 0.404 e. The van der Waals surface area contributed by atoms with Crippen molar-refractivity contribution in [2.75, 3.05) is 0 Å². The zero-order valence-electron chi connectivity index (χ0n) is 35.0. The maximum Gasteiger partial charge on any atom is 0.0883 e. The molecule has 4 nitrogen and oxygen atoms in total. The Balaban J connectivity index is 0.00000268. The summed E-state index contributed by atoms with van der Waals surface area (Å²) in [4.78, 5) is 4.32. The number of nitrogens with one attached hydrogen (secondary N) is 2. The standard InChI is InChI=1S/C54H48N4.C2H6/c1-37(41-18-22-44(23-19-41)43-12-5-9-39(35-55)10-6-13-43)31-49(32-38(2)42-20-24-45(25-21-42)48-14-7-11-40(33-48)34-50-36-58-50)46-26-28-47(29-27-46)51-16-8-30-57-54(51)52-15-3-4-17-53(52)56;1-2/h3-12,14-18,20-22,24-33,35-36,50,56-57H,2,13,19,23,34,55H2,1H3;1-2H3/b9-5-,10-6-,37-31+,39-35-,43-12+,49-32+,54-52-,56-53?;. The van der Waals surface area contributed by atoms with E-state index in [0.717, 1.165) is 75.9 Å². The van der Waals surface area contributed by atoms with Gasteiger partial charge in [-0.3, -0.25) is 4.99 Å². The van der Waals surface area contributed by atoms with Gasteiger partial charge in [0.2, 0.25) is 0 Å². The minimum atomic E-state index is 0.368. The van der Waals surface area contributed by atoms with E-state index in [1.165, 1.54) is 39.0 Å². The molecule has 2 aliphatic heterocycles. The van der Waals surface area contributed by atoms with Crippen LogP contribution in [0.3, 0.4) is 0 Å². The molecule has 0 amide bonds. The molecule has 8 rings (SSSR count). The number of rotatable bonds is 10. The Labute approximate surface area is 356 Å². The number of hydrogen-bond donors (Lipinski definition) is 3. The van der Waals surface area contributed by atoms with Crippen LogP contribution in [0.15, 0.2) is 227 Å². The molecule has 0 saturated carbocycles. The normalized spacial score (nSPS) is 22.2. The Bertz CT molecular complexity index is 2590. The third-order valence-electron chi connectivity index (χ3n) is 11.1. The van der Waals surface area contributed by atoms with E-state index in [0.29, 0.717) is 11.8 Å². The fourth-order valence-electron chi connectivity index (χ4n) is 7.71. The van der Waals surface area contributed by atoms with Crippen LogP contribution < -0.4 is 11.1 Å². The van der Waals surface area contributed by atoms with Crippen molar-refractivity contribution in [2.24, 2.45) is 10.7 Å². The molecule has 298 valence electrons. The lowest BCUT2D eigenvalue weighted by Gasteiger charge is -2.20. The monoisotopic (exact) mass is 782 g/mol. The highest BCUT2D eigenvalue weighted by Crippen LogP contribution is 2.34. The van der Waals surface area contributed by atoms with Crippen LogP contribution in [0.2, 0.25) is 0 Å². The van der Waals surface area contributed by atoms with Crippen LogP contribution in [0.25, 0.3) is 27.8 Å². The van der Waals surface area contributed by atoms with Crippen molar-refractivity contribution in [2.45, 2.75) is 52.5 Å². The molecule has 1 atom stereocenters. The molecule has 4 heteroatoms. The van der Waals surface area contributed by atoms with Crippen molar-refractivity contribution in [1.82, 2.24) is 5.32 Å². The number of nitrogens with zero attached hydrogens (tertiary/aromatic N) is 1. The second kappa shape index (κ2) is 19.6. The molecule has 0 bridgehead atoms. The Kier molecular flexibility index (Phi) is 13.4. The Morgan fingerprint density at radius 2 is 1.57 bits per heavy atom. The molecule has 3 aliphatic carbocycles. The minimum Gasteiger partial charge on any atom is -0.404 e. The first-order chi connectivity index (χ1) is 29.4. The quantitative estimate of drug-likeness (QED) is 0.179. The van der Waals surface area contributed by atoms with Crippen LogP contribution in [-0.2, 0) is 6.42 Å². The average Bonchev–Trinajstić information content (AvgIpc) is 4.11. The molecular formula is C56H54N4. The number of benzene rings is 3. The van der Waals surface area contributed by atoms with Gasteiger partial charge in [0.1, 0.15) is 0 Å². The topological polar surface area (TPSA) is 74.3 Å². The summed E-state index contributed by atoms with van der Waals surface area (Å²) in [6.45, 7) is 10.8. The van der Waals surface area contributed by atoms with Gasteiger partial charge in [-0.25, -0.2) is 0 Å². The number of dihydropyridines is 1. The Morgan fingerprint density at radius 3 is 2.30 bits per heavy atom. The van der Waals surface area contributed by atoms with Gasteiger partial charge in [-0.05, 0) is 123 Å². The third-order valence-corrected chi connectivity index (χ3v) is 11.1. The summed E-state index contributed by atoms with van der Waals surface area (Å²) in [5.41, 5.74) is 24.4. The van der Waals surface area contributed by atoms with Gasteiger partial charge in [-0.2, -0.15) is 0 Å². The number of allylic oxidation sites excluding steroid dienone is 24. The Morgan fingerprint density at radius 1 is 0.800 bits per heavy atom. The lowest BCUT2D eigenvalue weighted by Crippen LogP contribution is -2.16. The zero-order chi connectivity index (χ0) is 41.8. The summed E-state index contributed by atoms with van der Waals surface area (Å²) in [6, 6.07) is 26.6. The fraction of sp³-hybridized carbons (Fsp3) is 0.143. The predicted molar refractivity (Wildman–Crippen MR) is 258 cm³/mol. The second-order valence-electron chi connectivity index (χ2n) is 15.1. The minimum absolute atomic E-state index is 0.368. The van der Waals surface area contributed by atoms with Crippen LogP contribution in [0.4, 0.5) is 0 Å². The number of nitrogens with two attached hydrogens (primary N) is 1. The summed E-state index contributed by atoms with van der Waals surface area (Å²) < 4.78 is 0. The van der Waals surface area contributed by atoms with Crippen molar-refractivity contribution in [3.8, 4) is 11.1 Å². The van der Waals surface area contributed by atoms with E-state index < -0.39 is 0 Å². The first-order valence-electron chi connectivity index (χ1n) is 21.0. The van der Waals surface area contributed by atoms with Gasteiger partial charge in [-0.1, -0.05) is 166 Å². The second-order valence-corrected chi connectivity index (χ2v) is 15.1. The van der Waals surface area contributed by atoms with Gasteiger partial charge in [0.25, 0.3) is 0 Å². The predicted octanol–water partition coefficient (Wildman–Crippen LogP) is 13.3. The smallest absolute Gasteiger partial charge is 0.0883 e. The van der Waals surface area contributed by atoms with E-state index in [1.807, 2.05) is 56.6 Å². The van der Waals surface area contributed by atoms with E-state index in [1.54, 1.807) is 6.20 Å². The highest BCUT2D eigenvalue weighted by Gasteiger charge is 2.18. The van der Waals surface area contributed by atoms with Crippen molar-refractivity contribution in [3.63, 3.8) is 0 Å². The van der Waals surface area contributed by atoms with Gasteiger partial charge >= 0.3 is 0 Å². The van der Waals surface area contributed by atoms with Gasteiger partial charge in [0.05, 0.1) is 17.5 Å². The molecule has 0 radical (unpaired) electrons. The maximum absolute atomic E-state index is 8.56. The van der Waals surface area contributed by atoms with Gasteiger partial charge in [0.15, 0.2) is 0 Å². The molecule has 2 heterocycles. The molecule has 0 spiro atoms. The first kappa shape index (κ1) is 41.1. The summed E-state index contributed by atoms with van der Waals surface area (Å²) in [5, 5.41) is 12.0. The molecule has 3 aromatic carbocycles. The van der Waals surface area contributed by atoms with E-state index in [9.17, 15) is 0 Å². The fourth-order valence-corrected chi connectivity index (χ4v) is 7.71. The van der Waals surface area contributed by atoms with Crippen LogP contribution in [-0.4, -0.2) is 18.0 Å². The lowest BCUT2D eigenvalue weighted by atomic mass is 9.87. The van der Waals surface area contributed by atoms with E-state index in [2.05, 4.69) is 157 Å². The highest BCUT2D eigenvalue weighted by molar-refractivity contribution is 6.12. The molecule has 1 unspecified atom stereocenters. The molecule has 0 aromatic heterocycles. The van der Waals surface area contributed by atoms with E-state index >= 15 is 0 Å². The summed E-state index contributed by atoms with van der Waals surface area (Å²) in [7, 11) is 0. The van der Waals surface area contributed by atoms with Crippen LogP contribution in [0.5, 0.6) is 0 Å². The van der Waals surface area contributed by atoms with Crippen molar-refractivity contribution < 1.29 is 0 Å². The highest BCUT2D eigenvalue weighted by atomic mass is 14.9. The van der Waals surface area contributed by atoms with Crippen molar-refractivity contribution >= 4 is 28.6 Å². The van der Waals surface area contributed by atoms with Gasteiger partial charge in [0, 0.05) is 29.8 Å². The lowest BCUT2D eigenvalue weighted by molar-refractivity contribution is 0.908. The molecule has 5 aliphatic rings. The van der Waals surface area contributed by atoms with Gasteiger partial charge < -0.3 is 16.5 Å². The SMILES string of the molecule is C=C(/C=C(\C=C(/C)C1=CC=C(/C2=C/C=C\C(=C\N)\C=C/C2)CC1)c1ccc(C2=CC=CN/C2=C2/C=CC=CC2=N)cc1)c1ccc(-c2cccc(CC3C=N3)c2)cc1.CC. The summed E-state index contributed by atoms with van der Waals surface area (Å²) >= 11 is 0. The molecule has 0 fully saturated rings. The van der Waals surface area contributed by atoms with Crippen molar-refractivity contribution in [1.29, 1.82) is 5.41 Å². The first-order valence-corrected chi connectivity index (χ1v) is 21.0. The molecule has 4 N–H and O–H groups in total. The van der Waals surface area contributed by atoms with E-state index in [4.69, 9.17) is 11.1 Å². The summed E-state index contributed by atoms with van der Waals surface area (Å²) in [5.74, 6) is 0. The molecule has 0 saturated heterocycles. The van der Waals surface area contributed by atoms with Crippen LogP contribution in [0.1, 0.15) is 62.3 Å². The molecule has 60 heavy (non-hydrogen) atoms. The van der Waals surface area contributed by atoms with Crippen LogP contribution >= 0.6 is 0 Å². The van der Waals surface area contributed by atoms with Crippen molar-refractivity contribution in [3.05, 3.63) is 244 Å². The zero-order valence-corrected chi connectivity index (χ0v) is 35.0.